The summed E-state index contributed by atoms with van der Waals surface area (Å²) in [5.74, 6) is 0.968. The Kier molecular flexibility index (Phi) is 2.56. The van der Waals surface area contributed by atoms with Crippen molar-refractivity contribution in [2.24, 2.45) is 5.92 Å². The summed E-state index contributed by atoms with van der Waals surface area (Å²) in [4.78, 5) is 0. The van der Waals surface area contributed by atoms with Gasteiger partial charge < -0.3 is 0 Å². The number of hydrogen-bond donors (Lipinski definition) is 0. The van der Waals surface area contributed by atoms with E-state index in [2.05, 4.69) is 26.4 Å². The first-order chi connectivity index (χ1) is 4.64. The maximum Gasteiger partial charge on any atom is 0.0476 e. The summed E-state index contributed by atoms with van der Waals surface area (Å²) in [6, 6.07) is 3.11. The van der Waals surface area contributed by atoms with E-state index in [-0.39, 0.29) is 0 Å². The molecule has 0 aromatic rings. The molecule has 1 aliphatic heterocycles. The van der Waals surface area contributed by atoms with Crippen LogP contribution in [-0.2, 0) is 0 Å². The van der Waals surface area contributed by atoms with E-state index < -0.39 is 8.07 Å². The van der Waals surface area contributed by atoms with Crippen molar-refractivity contribution >= 4 is 8.07 Å². The zero-order chi connectivity index (χ0) is 7.61. The van der Waals surface area contributed by atoms with E-state index in [1.165, 1.54) is 12.8 Å². The van der Waals surface area contributed by atoms with E-state index in [0.717, 1.165) is 5.92 Å². The van der Waals surface area contributed by atoms with Gasteiger partial charge in [0.15, 0.2) is 0 Å². The van der Waals surface area contributed by atoms with Gasteiger partial charge in [-0.15, -0.1) is 0 Å². The lowest BCUT2D eigenvalue weighted by Crippen LogP contribution is -2.32. The van der Waals surface area contributed by atoms with Crippen molar-refractivity contribution in [3.63, 3.8) is 0 Å². The summed E-state index contributed by atoms with van der Waals surface area (Å²) in [5, 5.41) is 0. The van der Waals surface area contributed by atoms with Crippen molar-refractivity contribution in [1.29, 1.82) is 0 Å². The molecular formula is C9H19Si. The Hall–Kier alpha value is 0.217. The Balaban J connectivity index is 2.40. The highest BCUT2D eigenvalue weighted by Crippen LogP contribution is 2.33. The summed E-state index contributed by atoms with van der Waals surface area (Å²) in [7, 11) is -0.706. The molecule has 1 atom stereocenters. The second-order valence-electron chi connectivity index (χ2n) is 4.35. The Morgan fingerprint density at radius 3 is 2.50 bits per heavy atom. The molecule has 0 N–H and O–H groups in total. The molecule has 0 saturated carbocycles. The third-order valence-corrected chi connectivity index (χ3v) is 6.05. The predicted octanol–water partition coefficient (Wildman–Crippen LogP) is 3.33. The van der Waals surface area contributed by atoms with Gasteiger partial charge in [-0.25, -0.2) is 0 Å². The molecule has 1 rings (SSSR count). The van der Waals surface area contributed by atoms with Gasteiger partial charge in [-0.2, -0.15) is 0 Å². The van der Waals surface area contributed by atoms with Gasteiger partial charge in [0.1, 0.15) is 0 Å². The van der Waals surface area contributed by atoms with E-state index in [9.17, 15) is 0 Å². The van der Waals surface area contributed by atoms with Gasteiger partial charge in [0, 0.05) is 8.07 Å². The Bertz CT molecular complexity index is 107. The summed E-state index contributed by atoms with van der Waals surface area (Å²) in [5.41, 5.74) is 0. The first kappa shape index (κ1) is 8.31. The summed E-state index contributed by atoms with van der Waals surface area (Å²) < 4.78 is 0. The van der Waals surface area contributed by atoms with Crippen molar-refractivity contribution in [3.8, 4) is 0 Å². The van der Waals surface area contributed by atoms with E-state index in [4.69, 9.17) is 0 Å². The van der Waals surface area contributed by atoms with Crippen LogP contribution in [0.1, 0.15) is 19.8 Å². The zero-order valence-electron chi connectivity index (χ0n) is 7.48. The van der Waals surface area contributed by atoms with Crippen molar-refractivity contribution in [3.05, 3.63) is 6.42 Å². The highest BCUT2D eigenvalue weighted by molar-refractivity contribution is 6.77. The van der Waals surface area contributed by atoms with Crippen LogP contribution >= 0.6 is 0 Å². The molecule has 1 saturated heterocycles. The van der Waals surface area contributed by atoms with Crippen LogP contribution in [0.5, 0.6) is 0 Å². The lowest BCUT2D eigenvalue weighted by molar-refractivity contribution is 0.556. The SMILES string of the molecule is C[CH]C1CCC[Si](C)(C)C1. The summed E-state index contributed by atoms with van der Waals surface area (Å²) in [6.07, 6.45) is 5.37. The number of rotatable bonds is 1. The highest BCUT2D eigenvalue weighted by Gasteiger charge is 2.28. The molecule has 1 unspecified atom stereocenters. The van der Waals surface area contributed by atoms with Gasteiger partial charge in [-0.1, -0.05) is 44.9 Å². The topological polar surface area (TPSA) is 0 Å². The molecule has 0 nitrogen and oxygen atoms in total. The quantitative estimate of drug-likeness (QED) is 0.510. The van der Waals surface area contributed by atoms with Crippen LogP contribution in [0.2, 0.25) is 25.2 Å². The van der Waals surface area contributed by atoms with Gasteiger partial charge in [0.2, 0.25) is 0 Å². The average molecular weight is 155 g/mol. The molecule has 0 aromatic carbocycles. The molecule has 1 fully saturated rings. The molecule has 1 radical (unpaired) electrons. The van der Waals surface area contributed by atoms with Crippen molar-refractivity contribution in [1.82, 2.24) is 0 Å². The third-order valence-electron chi connectivity index (χ3n) is 2.71. The smallest absolute Gasteiger partial charge is 0.0476 e. The largest absolute Gasteiger partial charge is 0.0693 e. The fraction of sp³-hybridized carbons (Fsp3) is 0.889. The molecule has 1 heterocycles. The molecule has 0 bridgehead atoms. The van der Waals surface area contributed by atoms with Crippen LogP contribution < -0.4 is 0 Å². The molecule has 0 aromatic heterocycles. The molecule has 10 heavy (non-hydrogen) atoms. The van der Waals surface area contributed by atoms with Crippen LogP contribution in [0.15, 0.2) is 0 Å². The van der Waals surface area contributed by atoms with E-state index in [1.54, 1.807) is 12.1 Å². The first-order valence-corrected chi connectivity index (χ1v) is 7.85. The molecule has 1 heteroatoms. The highest BCUT2D eigenvalue weighted by atomic mass is 28.3. The molecule has 0 aliphatic carbocycles. The Labute approximate surface area is 66.0 Å². The molecule has 0 amide bonds. The van der Waals surface area contributed by atoms with Crippen LogP contribution in [0.25, 0.3) is 0 Å². The lowest BCUT2D eigenvalue weighted by atomic mass is 10.0. The second-order valence-corrected chi connectivity index (χ2v) is 9.59. The van der Waals surface area contributed by atoms with Crippen LogP contribution in [0.4, 0.5) is 0 Å². The van der Waals surface area contributed by atoms with Gasteiger partial charge in [0.25, 0.3) is 0 Å². The standard InChI is InChI=1S/C9H19Si/c1-4-9-6-5-7-10(2,3)8-9/h4,9H,5-8H2,1-3H3. The minimum Gasteiger partial charge on any atom is -0.0693 e. The number of hydrogen-bond acceptors (Lipinski definition) is 0. The minimum atomic E-state index is -0.706. The van der Waals surface area contributed by atoms with E-state index in [1.807, 2.05) is 0 Å². The fourth-order valence-corrected chi connectivity index (χ4v) is 5.27. The maximum atomic E-state index is 2.53. The molecular weight excluding hydrogens is 136 g/mol. The van der Waals surface area contributed by atoms with Gasteiger partial charge >= 0.3 is 0 Å². The van der Waals surface area contributed by atoms with Crippen molar-refractivity contribution < 1.29 is 0 Å². The monoisotopic (exact) mass is 155 g/mol. The van der Waals surface area contributed by atoms with Gasteiger partial charge in [-0.3, -0.25) is 0 Å². The van der Waals surface area contributed by atoms with Crippen LogP contribution in [-0.4, -0.2) is 8.07 Å². The maximum absolute atomic E-state index is 2.53. The second kappa shape index (κ2) is 3.08. The lowest BCUT2D eigenvalue weighted by Gasteiger charge is -2.32. The fourth-order valence-electron chi connectivity index (χ4n) is 2.04. The van der Waals surface area contributed by atoms with Crippen LogP contribution in [0, 0.1) is 12.3 Å². The average Bonchev–Trinajstić information content (AvgIpc) is 1.86. The predicted molar refractivity (Wildman–Crippen MR) is 49.8 cm³/mol. The first-order valence-electron chi connectivity index (χ1n) is 4.43. The third kappa shape index (κ3) is 2.12. The van der Waals surface area contributed by atoms with Crippen molar-refractivity contribution in [2.45, 2.75) is 44.9 Å². The normalized spacial score (nSPS) is 32.1. The summed E-state index contributed by atoms with van der Waals surface area (Å²) >= 11 is 0. The van der Waals surface area contributed by atoms with E-state index in [0.29, 0.717) is 0 Å². The van der Waals surface area contributed by atoms with Gasteiger partial charge in [0.05, 0.1) is 0 Å². The minimum absolute atomic E-state index is 0.706. The zero-order valence-corrected chi connectivity index (χ0v) is 8.48. The molecule has 59 valence electrons. The summed E-state index contributed by atoms with van der Waals surface area (Å²) in [6.45, 7) is 7.28. The van der Waals surface area contributed by atoms with Crippen LogP contribution in [0.3, 0.4) is 0 Å². The Morgan fingerprint density at radius 2 is 2.10 bits per heavy atom. The Morgan fingerprint density at radius 1 is 1.40 bits per heavy atom. The van der Waals surface area contributed by atoms with Crippen molar-refractivity contribution in [2.75, 3.05) is 0 Å². The molecule has 1 aliphatic rings. The molecule has 0 spiro atoms. The van der Waals surface area contributed by atoms with Gasteiger partial charge in [-0.05, 0) is 12.3 Å². The van der Waals surface area contributed by atoms with E-state index >= 15 is 0 Å².